The fourth-order valence-corrected chi connectivity index (χ4v) is 1.11. The van der Waals surface area contributed by atoms with E-state index in [0.717, 1.165) is 0 Å². The summed E-state index contributed by atoms with van der Waals surface area (Å²) in [6.07, 6.45) is 1.51. The molecule has 0 aliphatic carbocycles. The fraction of sp³-hybridized carbons (Fsp3) is 0.333. The third-order valence-electron chi connectivity index (χ3n) is 1.66. The summed E-state index contributed by atoms with van der Waals surface area (Å²) in [4.78, 5) is 15.3. The van der Waals surface area contributed by atoms with Crippen molar-refractivity contribution in [2.45, 2.75) is 13.0 Å². The Morgan fingerprint density at radius 3 is 3.07 bits per heavy atom. The molecule has 0 saturated carbocycles. The van der Waals surface area contributed by atoms with Crippen LogP contribution in [-0.4, -0.2) is 28.6 Å². The quantitative estimate of drug-likeness (QED) is 0.734. The van der Waals surface area contributed by atoms with E-state index in [2.05, 4.69) is 10.3 Å². The van der Waals surface area contributed by atoms with E-state index < -0.39 is 0 Å². The van der Waals surface area contributed by atoms with E-state index >= 15 is 0 Å². The smallest absolute Gasteiger partial charge is 0.254 e. The predicted octanol–water partition coefficient (Wildman–Crippen LogP) is 0.846. The molecule has 0 saturated heterocycles. The Labute approximate surface area is 86.9 Å². The first-order valence-corrected chi connectivity index (χ1v) is 4.55. The van der Waals surface area contributed by atoms with Crippen molar-refractivity contribution in [3.05, 3.63) is 29.0 Å². The third kappa shape index (κ3) is 2.68. The lowest BCUT2D eigenvalue weighted by Gasteiger charge is -2.10. The Morgan fingerprint density at radius 1 is 1.79 bits per heavy atom. The monoisotopic (exact) mass is 214 g/mol. The number of pyridine rings is 1. The lowest BCUT2D eigenvalue weighted by atomic mass is 10.2. The Hall–Kier alpha value is -1.13. The second-order valence-corrected chi connectivity index (χ2v) is 3.26. The lowest BCUT2D eigenvalue weighted by molar-refractivity contribution is 0.0922. The maximum Gasteiger partial charge on any atom is 0.254 e. The van der Waals surface area contributed by atoms with Crippen LogP contribution < -0.4 is 5.32 Å². The van der Waals surface area contributed by atoms with Gasteiger partial charge in [-0.2, -0.15) is 0 Å². The molecule has 0 radical (unpaired) electrons. The Bertz CT molecular complexity index is 330. The van der Waals surface area contributed by atoms with Crippen molar-refractivity contribution in [3.63, 3.8) is 0 Å². The second-order valence-electron chi connectivity index (χ2n) is 2.90. The van der Waals surface area contributed by atoms with Crippen LogP contribution in [0.15, 0.2) is 18.3 Å². The Morgan fingerprint density at radius 2 is 2.50 bits per heavy atom. The number of nitrogens with one attached hydrogen (secondary N) is 1. The minimum Gasteiger partial charge on any atom is -0.394 e. The molecule has 0 bridgehead atoms. The molecule has 4 nitrogen and oxygen atoms in total. The van der Waals surface area contributed by atoms with E-state index in [9.17, 15) is 4.79 Å². The number of carbonyl (C=O) groups excluding carboxylic acids is 1. The SMILES string of the molecule is C[C@@H](CO)NC(=O)c1cccnc1Cl. The van der Waals surface area contributed by atoms with Gasteiger partial charge in [0, 0.05) is 12.2 Å². The van der Waals surface area contributed by atoms with Crippen LogP contribution >= 0.6 is 11.6 Å². The zero-order chi connectivity index (χ0) is 10.6. The summed E-state index contributed by atoms with van der Waals surface area (Å²) in [5.74, 6) is -0.329. The lowest BCUT2D eigenvalue weighted by Crippen LogP contribution is -2.35. The van der Waals surface area contributed by atoms with Gasteiger partial charge in [0.05, 0.1) is 12.2 Å². The molecule has 1 heterocycles. The average Bonchev–Trinajstić information content (AvgIpc) is 2.18. The molecule has 5 heteroatoms. The van der Waals surface area contributed by atoms with Crippen molar-refractivity contribution in [1.82, 2.24) is 10.3 Å². The highest BCUT2D eigenvalue weighted by Crippen LogP contribution is 2.10. The molecule has 0 unspecified atom stereocenters. The van der Waals surface area contributed by atoms with Crippen LogP contribution in [0.3, 0.4) is 0 Å². The van der Waals surface area contributed by atoms with Gasteiger partial charge in [-0.05, 0) is 19.1 Å². The highest BCUT2D eigenvalue weighted by Gasteiger charge is 2.12. The highest BCUT2D eigenvalue weighted by molar-refractivity contribution is 6.32. The Kier molecular flexibility index (Phi) is 3.85. The molecule has 1 amide bonds. The van der Waals surface area contributed by atoms with Crippen LogP contribution in [0.2, 0.25) is 5.15 Å². The second kappa shape index (κ2) is 4.93. The number of amides is 1. The van der Waals surface area contributed by atoms with Gasteiger partial charge in [-0.1, -0.05) is 11.6 Å². The van der Waals surface area contributed by atoms with Crippen molar-refractivity contribution in [2.24, 2.45) is 0 Å². The first-order valence-electron chi connectivity index (χ1n) is 4.17. The third-order valence-corrected chi connectivity index (χ3v) is 1.96. The summed E-state index contributed by atoms with van der Waals surface area (Å²) < 4.78 is 0. The minimum atomic E-state index is -0.329. The number of aromatic nitrogens is 1. The maximum atomic E-state index is 11.5. The number of aliphatic hydroxyl groups excluding tert-OH is 1. The number of rotatable bonds is 3. The average molecular weight is 215 g/mol. The number of halogens is 1. The molecule has 1 rings (SSSR count). The first kappa shape index (κ1) is 10.9. The normalized spacial score (nSPS) is 12.2. The molecule has 0 spiro atoms. The zero-order valence-electron chi connectivity index (χ0n) is 7.70. The number of carbonyl (C=O) groups is 1. The molecule has 0 aliphatic rings. The summed E-state index contributed by atoms with van der Waals surface area (Å²) in [6, 6.07) is 2.91. The first-order chi connectivity index (χ1) is 6.65. The standard InChI is InChI=1S/C9H11ClN2O2/c1-6(5-13)12-9(14)7-3-2-4-11-8(7)10/h2-4,6,13H,5H2,1H3,(H,12,14)/t6-/m0/s1. The van der Waals surface area contributed by atoms with Gasteiger partial charge in [0.15, 0.2) is 0 Å². The molecular weight excluding hydrogens is 204 g/mol. The van der Waals surface area contributed by atoms with Gasteiger partial charge in [0.2, 0.25) is 0 Å². The summed E-state index contributed by atoms with van der Waals surface area (Å²) in [5, 5.41) is 11.5. The predicted molar refractivity (Wildman–Crippen MR) is 53.3 cm³/mol. The van der Waals surface area contributed by atoms with E-state index in [-0.39, 0.29) is 23.7 Å². The van der Waals surface area contributed by atoms with Crippen molar-refractivity contribution >= 4 is 17.5 Å². The van der Waals surface area contributed by atoms with Crippen molar-refractivity contribution in [1.29, 1.82) is 0 Å². The number of hydrogen-bond donors (Lipinski definition) is 2. The molecule has 1 aromatic rings. The summed E-state index contributed by atoms with van der Waals surface area (Å²) in [5.41, 5.74) is 0.314. The van der Waals surface area contributed by atoms with Crippen LogP contribution in [0, 0.1) is 0 Å². The van der Waals surface area contributed by atoms with Gasteiger partial charge in [-0.25, -0.2) is 4.98 Å². The number of aliphatic hydroxyl groups is 1. The highest BCUT2D eigenvalue weighted by atomic mass is 35.5. The van der Waals surface area contributed by atoms with Crippen LogP contribution in [0.5, 0.6) is 0 Å². The Balaban J connectivity index is 2.75. The van der Waals surface area contributed by atoms with Gasteiger partial charge in [0.25, 0.3) is 5.91 Å². The van der Waals surface area contributed by atoms with Crippen LogP contribution in [-0.2, 0) is 0 Å². The minimum absolute atomic E-state index is 0.108. The van der Waals surface area contributed by atoms with Crippen LogP contribution in [0.1, 0.15) is 17.3 Å². The molecule has 0 fully saturated rings. The van der Waals surface area contributed by atoms with E-state index in [1.54, 1.807) is 19.1 Å². The summed E-state index contributed by atoms with van der Waals surface area (Å²) in [6.45, 7) is 1.59. The molecule has 1 atom stereocenters. The van der Waals surface area contributed by atoms with E-state index in [4.69, 9.17) is 16.7 Å². The van der Waals surface area contributed by atoms with E-state index in [0.29, 0.717) is 5.56 Å². The zero-order valence-corrected chi connectivity index (χ0v) is 8.45. The van der Waals surface area contributed by atoms with Crippen LogP contribution in [0.25, 0.3) is 0 Å². The summed E-state index contributed by atoms with van der Waals surface area (Å²) >= 11 is 5.71. The molecule has 76 valence electrons. The fourth-order valence-electron chi connectivity index (χ4n) is 0.903. The molecule has 14 heavy (non-hydrogen) atoms. The van der Waals surface area contributed by atoms with Crippen molar-refractivity contribution in [3.8, 4) is 0 Å². The number of hydrogen-bond acceptors (Lipinski definition) is 3. The van der Waals surface area contributed by atoms with Gasteiger partial charge >= 0.3 is 0 Å². The van der Waals surface area contributed by atoms with Gasteiger partial charge in [-0.15, -0.1) is 0 Å². The van der Waals surface area contributed by atoms with Crippen LogP contribution in [0.4, 0.5) is 0 Å². The topological polar surface area (TPSA) is 62.2 Å². The largest absolute Gasteiger partial charge is 0.394 e. The number of nitrogens with zero attached hydrogens (tertiary/aromatic N) is 1. The molecule has 0 aliphatic heterocycles. The summed E-state index contributed by atoms with van der Waals surface area (Å²) in [7, 11) is 0. The molecule has 1 aromatic heterocycles. The molecule has 0 aromatic carbocycles. The van der Waals surface area contributed by atoms with Crippen molar-refractivity contribution in [2.75, 3.05) is 6.61 Å². The van der Waals surface area contributed by atoms with Crippen molar-refractivity contribution < 1.29 is 9.90 Å². The van der Waals surface area contributed by atoms with Gasteiger partial charge in [-0.3, -0.25) is 4.79 Å². The van der Waals surface area contributed by atoms with E-state index in [1.165, 1.54) is 6.20 Å². The van der Waals surface area contributed by atoms with Gasteiger partial charge < -0.3 is 10.4 Å². The molecular formula is C9H11ClN2O2. The maximum absolute atomic E-state index is 11.5. The van der Waals surface area contributed by atoms with E-state index in [1.807, 2.05) is 0 Å². The van der Waals surface area contributed by atoms with Gasteiger partial charge in [0.1, 0.15) is 5.15 Å². The molecule has 2 N–H and O–H groups in total.